The molecule has 1 atom stereocenters. The Bertz CT molecular complexity index is 480. The zero-order chi connectivity index (χ0) is 14.4. The summed E-state index contributed by atoms with van der Waals surface area (Å²) in [5, 5.41) is 11.2. The lowest BCUT2D eigenvalue weighted by Crippen LogP contribution is -2.44. The van der Waals surface area contributed by atoms with Gasteiger partial charge in [0, 0.05) is 12.5 Å². The minimum Gasteiger partial charge on any atom is -0.480 e. The molecule has 1 aromatic carbocycles. The van der Waals surface area contributed by atoms with Gasteiger partial charge in [-0.25, -0.2) is 4.79 Å². The molecule has 0 bridgehead atoms. The van der Waals surface area contributed by atoms with Crippen LogP contribution in [0.4, 0.5) is 0 Å². The second kappa shape index (κ2) is 6.53. The van der Waals surface area contributed by atoms with Gasteiger partial charge in [0.05, 0.1) is 0 Å². The molecule has 102 valence electrons. The van der Waals surface area contributed by atoms with Crippen molar-refractivity contribution in [3.8, 4) is 0 Å². The zero-order valence-corrected chi connectivity index (χ0v) is 10.7. The van der Waals surface area contributed by atoms with E-state index in [1.807, 2.05) is 6.92 Å². The highest BCUT2D eigenvalue weighted by molar-refractivity contribution is 5.96. The number of aryl methyl sites for hydroxylation is 1. The number of carbonyl (C=O) groups excluding carboxylic acids is 2. The largest absolute Gasteiger partial charge is 0.480 e. The maximum atomic E-state index is 11.8. The molecule has 0 saturated carbocycles. The number of ether oxygens (including phenoxy) is 1. The molecule has 0 radical (unpaired) electrons. The summed E-state index contributed by atoms with van der Waals surface area (Å²) >= 11 is 0. The summed E-state index contributed by atoms with van der Waals surface area (Å²) in [5.74, 6) is -2.39. The molecule has 0 heterocycles. The highest BCUT2D eigenvalue weighted by atomic mass is 16.5. The van der Waals surface area contributed by atoms with Crippen molar-refractivity contribution >= 4 is 17.8 Å². The summed E-state index contributed by atoms with van der Waals surface area (Å²) in [6, 6.07) is 5.41. The van der Waals surface area contributed by atoms with Gasteiger partial charge in [-0.15, -0.1) is 0 Å². The van der Waals surface area contributed by atoms with Crippen molar-refractivity contribution in [2.45, 2.75) is 19.9 Å². The van der Waals surface area contributed by atoms with Crippen LogP contribution in [-0.4, -0.2) is 35.6 Å². The molecule has 0 saturated heterocycles. The smallest absolute Gasteiger partial charge is 0.329 e. The third kappa shape index (κ3) is 4.79. The fourth-order valence-corrected chi connectivity index (χ4v) is 1.32. The zero-order valence-electron chi connectivity index (χ0n) is 10.7. The minimum absolute atomic E-state index is 0.347. The molecule has 0 fully saturated rings. The molecule has 2 N–H and O–H groups in total. The number of carboxylic acids is 1. The number of esters is 1. The SMILES string of the molecule is CC(=O)OCC(NC(=O)c1ccc(C)cc1)C(=O)O. The molecule has 0 aromatic heterocycles. The van der Waals surface area contributed by atoms with Crippen LogP contribution in [0.15, 0.2) is 24.3 Å². The Morgan fingerprint density at radius 2 is 1.84 bits per heavy atom. The predicted octanol–water partition coefficient (Wildman–Crippen LogP) is 0.741. The molecule has 0 aliphatic carbocycles. The average molecular weight is 265 g/mol. The summed E-state index contributed by atoms with van der Waals surface area (Å²) in [6.45, 7) is 2.64. The molecule has 6 nitrogen and oxygen atoms in total. The topological polar surface area (TPSA) is 92.7 Å². The Kier molecular flexibility index (Phi) is 5.05. The van der Waals surface area contributed by atoms with E-state index in [-0.39, 0.29) is 0 Å². The van der Waals surface area contributed by atoms with Crippen molar-refractivity contribution in [1.82, 2.24) is 5.32 Å². The van der Waals surface area contributed by atoms with Crippen LogP contribution in [0.3, 0.4) is 0 Å². The molecular formula is C13H15NO5. The Balaban J connectivity index is 2.68. The molecule has 1 aromatic rings. The minimum atomic E-state index is -1.27. The van der Waals surface area contributed by atoms with Crippen LogP contribution in [0, 0.1) is 6.92 Å². The predicted molar refractivity (Wildman–Crippen MR) is 66.7 cm³/mol. The number of hydrogen-bond donors (Lipinski definition) is 2. The van der Waals surface area contributed by atoms with Gasteiger partial charge in [0.15, 0.2) is 6.04 Å². The highest BCUT2D eigenvalue weighted by Gasteiger charge is 2.21. The summed E-state index contributed by atoms with van der Waals surface area (Å²) in [7, 11) is 0. The van der Waals surface area contributed by atoms with Gasteiger partial charge < -0.3 is 15.2 Å². The molecule has 1 amide bonds. The van der Waals surface area contributed by atoms with E-state index in [9.17, 15) is 14.4 Å². The summed E-state index contributed by atoms with van der Waals surface area (Å²) in [6.07, 6.45) is 0. The molecule has 0 aliphatic rings. The number of amides is 1. The lowest BCUT2D eigenvalue weighted by atomic mass is 10.1. The number of hydrogen-bond acceptors (Lipinski definition) is 4. The fourth-order valence-electron chi connectivity index (χ4n) is 1.32. The molecule has 0 spiro atoms. The first kappa shape index (κ1) is 14.7. The van der Waals surface area contributed by atoms with E-state index in [4.69, 9.17) is 5.11 Å². The first-order valence-electron chi connectivity index (χ1n) is 5.64. The van der Waals surface area contributed by atoms with Crippen LogP contribution in [0.5, 0.6) is 0 Å². The molecule has 19 heavy (non-hydrogen) atoms. The van der Waals surface area contributed by atoms with Gasteiger partial charge in [-0.05, 0) is 19.1 Å². The second-order valence-electron chi connectivity index (χ2n) is 4.03. The van der Waals surface area contributed by atoms with Crippen molar-refractivity contribution in [2.24, 2.45) is 0 Å². The van der Waals surface area contributed by atoms with Crippen LogP contribution in [0.1, 0.15) is 22.8 Å². The molecule has 1 unspecified atom stereocenters. The summed E-state index contributed by atoms with van der Waals surface area (Å²) in [4.78, 5) is 33.4. The monoisotopic (exact) mass is 265 g/mol. The number of aliphatic carboxylic acids is 1. The fraction of sp³-hybridized carbons (Fsp3) is 0.308. The highest BCUT2D eigenvalue weighted by Crippen LogP contribution is 2.03. The van der Waals surface area contributed by atoms with Crippen LogP contribution < -0.4 is 5.32 Å². The lowest BCUT2D eigenvalue weighted by molar-refractivity contribution is -0.146. The van der Waals surface area contributed by atoms with Crippen molar-refractivity contribution in [1.29, 1.82) is 0 Å². The normalized spacial score (nSPS) is 11.5. The number of benzene rings is 1. The van der Waals surface area contributed by atoms with Crippen LogP contribution in [0.2, 0.25) is 0 Å². The van der Waals surface area contributed by atoms with Gasteiger partial charge in [-0.2, -0.15) is 0 Å². The van der Waals surface area contributed by atoms with E-state index in [2.05, 4.69) is 10.1 Å². The van der Waals surface area contributed by atoms with Crippen molar-refractivity contribution < 1.29 is 24.2 Å². The van der Waals surface area contributed by atoms with E-state index < -0.39 is 30.5 Å². The van der Waals surface area contributed by atoms with Gasteiger partial charge in [0.1, 0.15) is 6.61 Å². The van der Waals surface area contributed by atoms with Gasteiger partial charge in [0.25, 0.3) is 5.91 Å². The van der Waals surface area contributed by atoms with Crippen molar-refractivity contribution in [3.63, 3.8) is 0 Å². The van der Waals surface area contributed by atoms with Gasteiger partial charge in [0.2, 0.25) is 0 Å². The number of carbonyl (C=O) groups is 3. The number of rotatable bonds is 5. The Labute approximate surface area is 110 Å². The maximum absolute atomic E-state index is 11.8. The Morgan fingerprint density at radius 3 is 2.32 bits per heavy atom. The first-order chi connectivity index (χ1) is 8.90. The molecule has 6 heteroatoms. The second-order valence-corrected chi connectivity index (χ2v) is 4.03. The molecular weight excluding hydrogens is 250 g/mol. The van der Waals surface area contributed by atoms with E-state index in [1.165, 1.54) is 6.92 Å². The van der Waals surface area contributed by atoms with E-state index in [0.29, 0.717) is 5.56 Å². The third-order valence-electron chi connectivity index (χ3n) is 2.37. The lowest BCUT2D eigenvalue weighted by Gasteiger charge is -2.14. The first-order valence-corrected chi connectivity index (χ1v) is 5.64. The standard InChI is InChI=1S/C13H15NO5/c1-8-3-5-10(6-4-8)12(16)14-11(13(17)18)7-19-9(2)15/h3-6,11H,7H2,1-2H3,(H,14,16)(H,17,18). The number of nitrogens with one attached hydrogen (secondary N) is 1. The van der Waals surface area contributed by atoms with E-state index in [0.717, 1.165) is 5.56 Å². The van der Waals surface area contributed by atoms with Crippen molar-refractivity contribution in [2.75, 3.05) is 6.61 Å². The van der Waals surface area contributed by atoms with Crippen LogP contribution >= 0.6 is 0 Å². The number of carboxylic acid groups (broad SMARTS) is 1. The van der Waals surface area contributed by atoms with E-state index >= 15 is 0 Å². The van der Waals surface area contributed by atoms with Gasteiger partial charge in [-0.1, -0.05) is 17.7 Å². The van der Waals surface area contributed by atoms with Crippen molar-refractivity contribution in [3.05, 3.63) is 35.4 Å². The maximum Gasteiger partial charge on any atom is 0.329 e. The van der Waals surface area contributed by atoms with Crippen LogP contribution in [0.25, 0.3) is 0 Å². The summed E-state index contributed by atoms with van der Waals surface area (Å²) in [5.41, 5.74) is 1.34. The third-order valence-corrected chi connectivity index (χ3v) is 2.37. The van der Waals surface area contributed by atoms with Gasteiger partial charge in [-0.3, -0.25) is 9.59 Å². The quantitative estimate of drug-likeness (QED) is 0.766. The van der Waals surface area contributed by atoms with Crippen LogP contribution in [-0.2, 0) is 14.3 Å². The average Bonchev–Trinajstić information content (AvgIpc) is 2.34. The Morgan fingerprint density at radius 1 is 1.26 bits per heavy atom. The molecule has 1 rings (SSSR count). The molecule has 0 aliphatic heterocycles. The Hall–Kier alpha value is -2.37. The van der Waals surface area contributed by atoms with E-state index in [1.54, 1.807) is 24.3 Å². The summed E-state index contributed by atoms with van der Waals surface area (Å²) < 4.78 is 4.59. The van der Waals surface area contributed by atoms with Gasteiger partial charge >= 0.3 is 11.9 Å².